The van der Waals surface area contributed by atoms with Gasteiger partial charge in [-0.25, -0.2) is 13.1 Å². The molecule has 1 N–H and O–H groups in total. The number of allylic oxidation sites excluding steroid dienone is 5. The predicted molar refractivity (Wildman–Crippen MR) is 151 cm³/mol. The Morgan fingerprint density at radius 3 is 2.44 bits per heavy atom. The smallest absolute Gasteiger partial charge is 0.241 e. The number of halogens is 1. The Hall–Kier alpha value is -2.87. The second-order valence-electron chi connectivity index (χ2n) is 8.40. The average Bonchev–Trinajstić information content (AvgIpc) is 3.24. The topological polar surface area (TPSA) is 67.2 Å². The Labute approximate surface area is 220 Å². The lowest BCUT2D eigenvalue weighted by molar-refractivity contribution is 0.550. The van der Waals surface area contributed by atoms with Gasteiger partial charge in [-0.3, -0.25) is 4.68 Å². The minimum absolute atomic E-state index is 0.212. The third-order valence-corrected chi connectivity index (χ3v) is 8.01. The zero-order valence-corrected chi connectivity index (χ0v) is 23.0. The molecular formula is C28H35ClN4O2S. The fourth-order valence-corrected chi connectivity index (χ4v) is 5.76. The van der Waals surface area contributed by atoms with E-state index in [1.165, 1.54) is 0 Å². The van der Waals surface area contributed by atoms with Gasteiger partial charge in [0.1, 0.15) is 0 Å². The van der Waals surface area contributed by atoms with Crippen LogP contribution >= 0.6 is 11.6 Å². The van der Waals surface area contributed by atoms with Crippen molar-refractivity contribution in [3.05, 3.63) is 89.5 Å². The SMILES string of the molecule is C=C/C(Cn1nc(N(CC)CC)c2cc(S(=O)(=O)NC(CC)c3ccccc3)ccc21)=C(Cl)\C=C/C. The number of hydrogen-bond acceptors (Lipinski definition) is 4. The monoisotopic (exact) mass is 526 g/mol. The van der Waals surface area contributed by atoms with Crippen LogP contribution in [0.1, 0.15) is 45.7 Å². The van der Waals surface area contributed by atoms with Crippen LogP contribution in [-0.4, -0.2) is 31.3 Å². The van der Waals surface area contributed by atoms with Gasteiger partial charge in [0, 0.05) is 29.5 Å². The maximum Gasteiger partial charge on any atom is 0.241 e. The second kappa shape index (κ2) is 12.4. The molecule has 3 aromatic rings. The van der Waals surface area contributed by atoms with Crippen molar-refractivity contribution in [1.82, 2.24) is 14.5 Å². The minimum atomic E-state index is -3.77. The first-order valence-electron chi connectivity index (χ1n) is 12.3. The van der Waals surface area contributed by atoms with E-state index in [1.54, 1.807) is 18.2 Å². The Morgan fingerprint density at radius 2 is 1.86 bits per heavy atom. The van der Waals surface area contributed by atoms with Crippen LogP contribution in [0.15, 0.2) is 88.8 Å². The van der Waals surface area contributed by atoms with Gasteiger partial charge >= 0.3 is 0 Å². The molecular weight excluding hydrogens is 492 g/mol. The average molecular weight is 527 g/mol. The number of rotatable bonds is 12. The van der Waals surface area contributed by atoms with Crippen LogP contribution in [0.3, 0.4) is 0 Å². The first kappa shape index (κ1) is 27.7. The van der Waals surface area contributed by atoms with Gasteiger partial charge in [-0.1, -0.05) is 67.6 Å². The zero-order valence-electron chi connectivity index (χ0n) is 21.4. The molecule has 0 radical (unpaired) electrons. The lowest BCUT2D eigenvalue weighted by Crippen LogP contribution is -2.28. The highest BCUT2D eigenvalue weighted by molar-refractivity contribution is 7.89. The Bertz CT molecular complexity index is 1360. The summed E-state index contributed by atoms with van der Waals surface area (Å²) >= 11 is 6.45. The molecule has 0 aliphatic carbocycles. The molecule has 0 saturated heterocycles. The van der Waals surface area contributed by atoms with Crippen molar-refractivity contribution in [2.75, 3.05) is 18.0 Å². The first-order valence-corrected chi connectivity index (χ1v) is 14.1. The van der Waals surface area contributed by atoms with Crippen molar-refractivity contribution in [1.29, 1.82) is 0 Å². The number of nitrogens with one attached hydrogen (secondary N) is 1. The molecule has 0 spiro atoms. The lowest BCUT2D eigenvalue weighted by Gasteiger charge is -2.19. The van der Waals surface area contributed by atoms with E-state index in [9.17, 15) is 8.42 Å². The summed E-state index contributed by atoms with van der Waals surface area (Å²) in [5.74, 6) is 0.743. The van der Waals surface area contributed by atoms with Crippen LogP contribution in [0.5, 0.6) is 0 Å². The van der Waals surface area contributed by atoms with Crippen molar-refractivity contribution in [3.8, 4) is 0 Å². The van der Waals surface area contributed by atoms with Gasteiger partial charge in [0.15, 0.2) is 5.82 Å². The predicted octanol–water partition coefficient (Wildman–Crippen LogP) is 6.57. The quantitative estimate of drug-likeness (QED) is 0.271. The van der Waals surface area contributed by atoms with Gasteiger partial charge < -0.3 is 4.90 Å². The molecule has 0 aliphatic rings. The molecule has 1 heterocycles. The molecule has 1 aromatic heterocycles. The van der Waals surface area contributed by atoms with E-state index in [2.05, 4.69) is 30.0 Å². The highest BCUT2D eigenvalue weighted by atomic mass is 35.5. The van der Waals surface area contributed by atoms with E-state index >= 15 is 0 Å². The number of hydrogen-bond donors (Lipinski definition) is 1. The summed E-state index contributed by atoms with van der Waals surface area (Å²) in [5.41, 5.74) is 2.59. The third kappa shape index (κ3) is 6.09. The van der Waals surface area contributed by atoms with E-state index in [-0.39, 0.29) is 10.9 Å². The van der Waals surface area contributed by atoms with Crippen LogP contribution in [0.4, 0.5) is 5.82 Å². The van der Waals surface area contributed by atoms with Crippen LogP contribution < -0.4 is 9.62 Å². The van der Waals surface area contributed by atoms with Crippen LogP contribution in [0.25, 0.3) is 10.9 Å². The number of anilines is 1. The fraction of sp³-hybridized carbons (Fsp3) is 0.321. The Balaban J connectivity index is 2.09. The van der Waals surface area contributed by atoms with Gasteiger partial charge in [0.2, 0.25) is 10.0 Å². The lowest BCUT2D eigenvalue weighted by atomic mass is 10.1. The second-order valence-corrected chi connectivity index (χ2v) is 10.5. The molecule has 3 rings (SSSR count). The number of nitrogens with zero attached hydrogens (tertiary/aromatic N) is 3. The summed E-state index contributed by atoms with van der Waals surface area (Å²) in [4.78, 5) is 2.33. The molecule has 0 aliphatic heterocycles. The largest absolute Gasteiger partial charge is 0.355 e. The fourth-order valence-electron chi connectivity index (χ4n) is 4.17. The third-order valence-electron chi connectivity index (χ3n) is 6.17. The molecule has 36 heavy (non-hydrogen) atoms. The zero-order chi connectivity index (χ0) is 26.3. The summed E-state index contributed by atoms with van der Waals surface area (Å²) < 4.78 is 31.6. The highest BCUT2D eigenvalue weighted by Crippen LogP contribution is 2.31. The van der Waals surface area contributed by atoms with Crippen molar-refractivity contribution in [2.45, 2.75) is 51.6 Å². The van der Waals surface area contributed by atoms with E-state index in [0.29, 0.717) is 18.0 Å². The van der Waals surface area contributed by atoms with Gasteiger partial charge in [-0.2, -0.15) is 5.10 Å². The highest BCUT2D eigenvalue weighted by Gasteiger charge is 2.23. The summed E-state index contributed by atoms with van der Waals surface area (Å²) in [6.07, 6.45) is 6.06. The van der Waals surface area contributed by atoms with Crippen molar-refractivity contribution in [2.24, 2.45) is 0 Å². The van der Waals surface area contributed by atoms with Gasteiger partial charge in [-0.05, 0) is 62.6 Å². The molecule has 0 saturated carbocycles. The van der Waals surface area contributed by atoms with Crippen molar-refractivity contribution >= 4 is 38.3 Å². The normalized spacial score (nSPS) is 13.7. The molecule has 192 valence electrons. The van der Waals surface area contributed by atoms with E-state index in [4.69, 9.17) is 16.7 Å². The maximum absolute atomic E-state index is 13.4. The number of aromatic nitrogens is 2. The Morgan fingerprint density at radius 1 is 1.17 bits per heavy atom. The molecule has 1 unspecified atom stereocenters. The summed E-state index contributed by atoms with van der Waals surface area (Å²) in [6.45, 7) is 13.8. The minimum Gasteiger partial charge on any atom is -0.355 e. The Kier molecular flexibility index (Phi) is 9.54. The van der Waals surface area contributed by atoms with E-state index < -0.39 is 10.0 Å². The summed E-state index contributed by atoms with van der Waals surface area (Å²) in [5, 5.41) is 6.24. The number of benzene rings is 2. The van der Waals surface area contributed by atoms with Crippen molar-refractivity contribution < 1.29 is 8.42 Å². The molecule has 0 bridgehead atoms. The van der Waals surface area contributed by atoms with Gasteiger partial charge in [0.25, 0.3) is 0 Å². The summed E-state index contributed by atoms with van der Waals surface area (Å²) in [6, 6.07) is 14.5. The van der Waals surface area contributed by atoms with Crippen LogP contribution in [0.2, 0.25) is 0 Å². The molecule has 6 nitrogen and oxygen atoms in total. The molecule has 0 amide bonds. The van der Waals surface area contributed by atoms with E-state index in [0.717, 1.165) is 40.9 Å². The van der Waals surface area contributed by atoms with E-state index in [1.807, 2.05) is 67.1 Å². The van der Waals surface area contributed by atoms with Gasteiger partial charge in [0.05, 0.1) is 17.0 Å². The molecule has 8 heteroatoms. The first-order chi connectivity index (χ1) is 17.3. The molecule has 2 aromatic carbocycles. The number of fused-ring (bicyclic) bond motifs is 1. The van der Waals surface area contributed by atoms with Crippen LogP contribution in [0, 0.1) is 0 Å². The maximum atomic E-state index is 13.4. The standard InChI is InChI=1S/C28H35ClN4O2S/c1-6-14-25(29)21(7-2)20-33-27-18-17-23(19-24(27)28(30-33)32(9-4)10-5)36(34,35)31-26(8-3)22-15-12-11-13-16-22/h6-7,11-19,26,31H,2,8-10,20H2,1,3-5H3/b14-6-,25-21-. The molecule has 0 fully saturated rings. The number of sulfonamides is 1. The van der Waals surface area contributed by atoms with Gasteiger partial charge in [-0.15, -0.1) is 0 Å². The summed E-state index contributed by atoms with van der Waals surface area (Å²) in [7, 11) is -3.77. The van der Waals surface area contributed by atoms with Crippen molar-refractivity contribution in [3.63, 3.8) is 0 Å². The van der Waals surface area contributed by atoms with Crippen LogP contribution in [-0.2, 0) is 16.6 Å². The molecule has 1 atom stereocenters.